The second kappa shape index (κ2) is 11.2. The molecule has 4 heteroatoms. The zero-order valence-corrected chi connectivity index (χ0v) is 27.9. The molecule has 52 heavy (non-hydrogen) atoms. The highest BCUT2D eigenvalue weighted by atomic mass is 16.3. The molecule has 0 N–H and O–H groups in total. The average Bonchev–Trinajstić information content (AvgIpc) is 3.89. The summed E-state index contributed by atoms with van der Waals surface area (Å²) < 4.78 is 19.2. The van der Waals surface area contributed by atoms with Gasteiger partial charge in [-0.15, -0.1) is 0 Å². The molecule has 0 unspecified atom stereocenters. The summed E-state index contributed by atoms with van der Waals surface area (Å²) >= 11 is 0. The van der Waals surface area contributed by atoms with Crippen LogP contribution in [0.4, 0.5) is 17.1 Å². The van der Waals surface area contributed by atoms with Crippen molar-refractivity contribution in [2.45, 2.75) is 0 Å². The first-order valence-electron chi connectivity index (χ1n) is 17.5. The van der Waals surface area contributed by atoms with Gasteiger partial charge < -0.3 is 18.2 Å². The maximum atomic E-state index is 6.64. The number of furan rings is 3. The van der Waals surface area contributed by atoms with Crippen molar-refractivity contribution >= 4 is 82.9 Å². The van der Waals surface area contributed by atoms with Gasteiger partial charge in [-0.25, -0.2) is 0 Å². The Balaban J connectivity index is 0.987. The number of hydrogen-bond acceptors (Lipinski definition) is 4. The summed E-state index contributed by atoms with van der Waals surface area (Å²) in [5, 5.41) is 6.60. The van der Waals surface area contributed by atoms with E-state index in [1.165, 1.54) is 0 Å². The molecule has 0 fully saturated rings. The highest BCUT2D eigenvalue weighted by Crippen LogP contribution is 2.43. The normalized spacial score (nSPS) is 11.8. The first kappa shape index (κ1) is 28.8. The van der Waals surface area contributed by atoms with Gasteiger partial charge in [0, 0.05) is 43.7 Å². The number of anilines is 3. The van der Waals surface area contributed by atoms with Gasteiger partial charge in [0.15, 0.2) is 5.58 Å². The Kier molecular flexibility index (Phi) is 6.22. The summed E-state index contributed by atoms with van der Waals surface area (Å²) in [5.41, 5.74) is 12.8. The predicted octanol–water partition coefficient (Wildman–Crippen LogP) is 14.2. The molecule has 0 aliphatic carbocycles. The van der Waals surface area contributed by atoms with Crippen molar-refractivity contribution in [3.63, 3.8) is 0 Å². The lowest BCUT2D eigenvalue weighted by Crippen LogP contribution is -2.09. The quantitative estimate of drug-likeness (QED) is 0.183. The van der Waals surface area contributed by atoms with Crippen LogP contribution in [0.25, 0.3) is 88.1 Å². The SMILES string of the molecule is c1ccc(N(c2ccccc2)c2cccc3c2oc2ccc(-c4ccc5oc6cc(-c7ccc8c(c7)oc7ccccc78)ccc6c5c4)cc23)cc1. The minimum absolute atomic E-state index is 0.855. The number of benzene rings is 8. The number of nitrogens with zero attached hydrogens (tertiary/aromatic N) is 1. The molecule has 0 radical (unpaired) electrons. The highest BCUT2D eigenvalue weighted by Gasteiger charge is 2.20. The molecule has 0 saturated carbocycles. The fourth-order valence-corrected chi connectivity index (χ4v) is 7.76. The van der Waals surface area contributed by atoms with Crippen LogP contribution in [0.3, 0.4) is 0 Å². The molecule has 0 saturated heterocycles. The van der Waals surface area contributed by atoms with E-state index in [1.54, 1.807) is 0 Å². The van der Waals surface area contributed by atoms with Gasteiger partial charge >= 0.3 is 0 Å². The standard InChI is InChI=1S/C48H29NO3/c1-3-10-34(11-4-1)49(35-12-5-2-6-13-35)42-16-9-15-39-41-27-31(21-25-45(41)52-48(39)42)30-20-24-44-40(26-30)38-23-19-33(29-47(38)51-44)32-18-22-37-36-14-7-8-17-43(36)50-46(37)28-32/h1-29H. The Labute approximate surface area is 298 Å². The number of hydrogen-bond donors (Lipinski definition) is 0. The van der Waals surface area contributed by atoms with Crippen molar-refractivity contribution < 1.29 is 13.3 Å². The zero-order chi connectivity index (χ0) is 34.2. The summed E-state index contributed by atoms with van der Waals surface area (Å²) in [6.07, 6.45) is 0. The van der Waals surface area contributed by atoms with E-state index in [-0.39, 0.29) is 0 Å². The van der Waals surface area contributed by atoms with Crippen LogP contribution >= 0.6 is 0 Å². The molecular weight excluding hydrogens is 639 g/mol. The molecule has 8 aromatic carbocycles. The van der Waals surface area contributed by atoms with Crippen LogP contribution in [0.1, 0.15) is 0 Å². The summed E-state index contributed by atoms with van der Waals surface area (Å²) in [6.45, 7) is 0. The van der Waals surface area contributed by atoms with Gasteiger partial charge in [-0.3, -0.25) is 0 Å². The van der Waals surface area contributed by atoms with E-state index in [0.29, 0.717) is 0 Å². The molecule has 0 bridgehead atoms. The number of para-hydroxylation sites is 4. The third-order valence-electron chi connectivity index (χ3n) is 10.3. The summed E-state index contributed by atoms with van der Waals surface area (Å²) in [7, 11) is 0. The second-order valence-corrected chi connectivity index (χ2v) is 13.3. The van der Waals surface area contributed by atoms with E-state index in [0.717, 1.165) is 105 Å². The van der Waals surface area contributed by atoms with Gasteiger partial charge in [0.1, 0.15) is 27.9 Å². The van der Waals surface area contributed by atoms with Crippen molar-refractivity contribution in [1.82, 2.24) is 0 Å². The Morgan fingerprint density at radius 3 is 1.40 bits per heavy atom. The molecule has 4 nitrogen and oxygen atoms in total. The Hall–Kier alpha value is -7.04. The largest absolute Gasteiger partial charge is 0.456 e. The third-order valence-corrected chi connectivity index (χ3v) is 10.3. The van der Waals surface area contributed by atoms with Crippen molar-refractivity contribution in [1.29, 1.82) is 0 Å². The molecule has 11 aromatic rings. The van der Waals surface area contributed by atoms with E-state index < -0.39 is 0 Å². The molecule has 244 valence electrons. The van der Waals surface area contributed by atoms with Gasteiger partial charge in [0.25, 0.3) is 0 Å². The van der Waals surface area contributed by atoms with Crippen LogP contribution in [-0.4, -0.2) is 0 Å². The topological polar surface area (TPSA) is 42.7 Å². The maximum absolute atomic E-state index is 6.64. The summed E-state index contributed by atoms with van der Waals surface area (Å²) in [5.74, 6) is 0. The maximum Gasteiger partial charge on any atom is 0.159 e. The van der Waals surface area contributed by atoms with E-state index in [1.807, 2.05) is 30.3 Å². The van der Waals surface area contributed by atoms with Crippen molar-refractivity contribution in [3.8, 4) is 22.3 Å². The molecule has 0 aliphatic heterocycles. The molecule has 11 rings (SSSR count). The minimum atomic E-state index is 0.855. The molecule has 3 heterocycles. The van der Waals surface area contributed by atoms with Crippen LogP contribution in [-0.2, 0) is 0 Å². The van der Waals surface area contributed by atoms with Crippen molar-refractivity contribution in [2.75, 3.05) is 4.90 Å². The van der Waals surface area contributed by atoms with Crippen LogP contribution in [0.15, 0.2) is 189 Å². The molecule has 0 spiro atoms. The van der Waals surface area contributed by atoms with E-state index in [2.05, 4.69) is 150 Å². The van der Waals surface area contributed by atoms with Crippen LogP contribution < -0.4 is 4.90 Å². The average molecular weight is 668 g/mol. The Morgan fingerprint density at radius 2 is 0.750 bits per heavy atom. The van der Waals surface area contributed by atoms with E-state index >= 15 is 0 Å². The smallest absolute Gasteiger partial charge is 0.159 e. The number of fused-ring (bicyclic) bond motifs is 9. The molecule has 0 aliphatic rings. The lowest BCUT2D eigenvalue weighted by atomic mass is 9.99. The first-order valence-corrected chi connectivity index (χ1v) is 17.5. The number of rotatable bonds is 5. The molecule has 3 aromatic heterocycles. The molecule has 0 atom stereocenters. The second-order valence-electron chi connectivity index (χ2n) is 13.3. The van der Waals surface area contributed by atoms with Gasteiger partial charge in [-0.1, -0.05) is 91.0 Å². The van der Waals surface area contributed by atoms with Crippen LogP contribution in [0.2, 0.25) is 0 Å². The van der Waals surface area contributed by atoms with E-state index in [9.17, 15) is 0 Å². The lowest BCUT2D eigenvalue weighted by Gasteiger charge is -2.25. The Morgan fingerprint density at radius 1 is 0.288 bits per heavy atom. The third kappa shape index (κ3) is 4.48. The minimum Gasteiger partial charge on any atom is -0.456 e. The van der Waals surface area contributed by atoms with Crippen LogP contribution in [0, 0.1) is 0 Å². The van der Waals surface area contributed by atoms with Gasteiger partial charge in [-0.05, 0) is 107 Å². The van der Waals surface area contributed by atoms with Crippen molar-refractivity contribution in [2.24, 2.45) is 0 Å². The highest BCUT2D eigenvalue weighted by molar-refractivity contribution is 6.12. The first-order chi connectivity index (χ1) is 25.7. The van der Waals surface area contributed by atoms with Crippen molar-refractivity contribution in [3.05, 3.63) is 176 Å². The summed E-state index contributed by atoms with van der Waals surface area (Å²) in [4.78, 5) is 2.26. The Bertz CT molecular complexity index is 3090. The molecule has 0 amide bonds. The van der Waals surface area contributed by atoms with Gasteiger partial charge in [0.05, 0.1) is 5.69 Å². The van der Waals surface area contributed by atoms with E-state index in [4.69, 9.17) is 13.3 Å². The monoisotopic (exact) mass is 667 g/mol. The zero-order valence-electron chi connectivity index (χ0n) is 27.9. The lowest BCUT2D eigenvalue weighted by molar-refractivity contribution is 0.668. The summed E-state index contributed by atoms with van der Waals surface area (Å²) in [6, 6.07) is 61.3. The predicted molar refractivity (Wildman–Crippen MR) is 214 cm³/mol. The van der Waals surface area contributed by atoms with Crippen LogP contribution in [0.5, 0.6) is 0 Å². The molecular formula is C48H29NO3. The fourth-order valence-electron chi connectivity index (χ4n) is 7.76. The van der Waals surface area contributed by atoms with Gasteiger partial charge in [-0.2, -0.15) is 0 Å². The van der Waals surface area contributed by atoms with Gasteiger partial charge in [0.2, 0.25) is 0 Å². The fraction of sp³-hybridized carbons (Fsp3) is 0.